The van der Waals surface area contributed by atoms with Crippen molar-refractivity contribution < 1.29 is 9.59 Å². The van der Waals surface area contributed by atoms with Crippen LogP contribution in [-0.2, 0) is 10.8 Å². The van der Waals surface area contributed by atoms with Gasteiger partial charge >= 0.3 is 0 Å². The lowest BCUT2D eigenvalue weighted by atomic mass is 9.68. The minimum absolute atomic E-state index is 0.0203. The third-order valence-corrected chi connectivity index (χ3v) is 25.7. The Morgan fingerprint density at radius 1 is 0.419 bits per heavy atom. The van der Waals surface area contributed by atoms with E-state index in [4.69, 9.17) is 0 Å². The molecule has 0 fully saturated rings. The third kappa shape index (κ3) is 11.4. The smallest absolute Gasteiger partial charge is 0.204 e. The number of carbonyl (C=O) groups excluding carboxylic acids is 2. The van der Waals surface area contributed by atoms with Crippen molar-refractivity contribution >= 4 is 122 Å². The number of nitriles is 4. The number of carbonyl (C=O) groups is 2. The fraction of sp³-hybridized carbons (Fsp3) is 0.459. The number of nitrogens with zero attached hydrogens (tertiary/aromatic N) is 4. The maximum absolute atomic E-state index is 14.2. The first-order valence-corrected chi connectivity index (χ1v) is 37.3. The van der Waals surface area contributed by atoms with Crippen LogP contribution in [0.25, 0.3) is 63.0 Å². The van der Waals surface area contributed by atoms with Crippen molar-refractivity contribution in [3.05, 3.63) is 122 Å². The number of ketones is 2. The zero-order chi connectivity index (χ0) is 60.0. The Morgan fingerprint density at radius 2 is 0.744 bits per heavy atom. The van der Waals surface area contributed by atoms with Gasteiger partial charge in [0.1, 0.15) is 35.4 Å². The van der Waals surface area contributed by atoms with Crippen LogP contribution in [-0.4, -0.2) is 11.6 Å². The predicted molar refractivity (Wildman–Crippen MR) is 367 cm³/mol. The van der Waals surface area contributed by atoms with Crippen LogP contribution < -0.4 is 0 Å². The normalized spacial score (nSPS) is 15.8. The summed E-state index contributed by atoms with van der Waals surface area (Å²) in [7, 11) is 0. The number of allylic oxidation sites excluding steroid dienone is 6. The number of hydrogen-bond acceptors (Lipinski definition) is 12. The lowest BCUT2D eigenvalue weighted by Crippen LogP contribution is -2.27. The van der Waals surface area contributed by atoms with E-state index in [-0.39, 0.29) is 33.5 Å². The van der Waals surface area contributed by atoms with Crippen LogP contribution in [0.4, 0.5) is 0 Å². The van der Waals surface area contributed by atoms with Crippen molar-refractivity contribution in [2.24, 2.45) is 0 Å². The monoisotopic (exact) mass is 1250 g/mol. The van der Waals surface area contributed by atoms with Gasteiger partial charge in [0.05, 0.1) is 19.2 Å². The molecule has 6 nitrogen and oxygen atoms in total. The Labute approximate surface area is 533 Å². The number of fused-ring (bicyclic) bond motifs is 12. The molecule has 7 aromatic rings. The molecule has 0 radical (unpaired) electrons. The maximum atomic E-state index is 14.2. The molecule has 6 aromatic heterocycles. The topological polar surface area (TPSA) is 129 Å². The second-order valence-corrected chi connectivity index (χ2v) is 30.6. The first-order chi connectivity index (χ1) is 42.1. The van der Waals surface area contributed by atoms with E-state index >= 15 is 0 Å². The molecule has 0 spiro atoms. The molecule has 1 aromatic carbocycles. The van der Waals surface area contributed by atoms with Gasteiger partial charge < -0.3 is 0 Å². The van der Waals surface area contributed by atoms with Gasteiger partial charge in [-0.1, -0.05) is 182 Å². The van der Waals surface area contributed by atoms with Gasteiger partial charge in [0.15, 0.2) is 0 Å². The number of thiophene rings is 6. The molecular weight excluding hydrogens is 1170 g/mol. The van der Waals surface area contributed by atoms with Gasteiger partial charge in [-0.3, -0.25) is 9.59 Å². The standard InChI is InChI=1S/C74H78N4O2S6/c1-5-9-13-17-21-25-31-73(32-26-22-18-14-10-6-2)57-41-54-58(42-53(57)67-63(73)71-59(85-67)39-49(83-71)37-55-61(47(43-75)44-76)51-29-35-81-69(51)65(55)79)74(33-27-23-19-15-11-7-3,34-28-24-20-16-12-8-4)64-68(54)86-60-40-50(84-72(60)64)38-56-62(48(45-77)46-78)52-30-36-82-70(52)66(56)80/h29-30,35-42H,5-28,31-34H2,1-4H3/b55-37-,56-38-. The highest BCUT2D eigenvalue weighted by atomic mass is 32.1. The van der Waals surface area contributed by atoms with Gasteiger partial charge in [0.2, 0.25) is 11.6 Å². The summed E-state index contributed by atoms with van der Waals surface area (Å²) in [6.07, 6.45) is 37.7. The zero-order valence-corrected chi connectivity index (χ0v) is 55.5. The molecule has 11 rings (SSSR count). The van der Waals surface area contributed by atoms with E-state index in [2.05, 4.69) is 76.2 Å². The summed E-state index contributed by atoms with van der Waals surface area (Å²) in [4.78, 5) is 34.4. The summed E-state index contributed by atoms with van der Waals surface area (Å²) in [5.74, 6) is -0.220. The molecule has 4 aliphatic rings. The largest absolute Gasteiger partial charge is 0.288 e. The van der Waals surface area contributed by atoms with E-state index in [0.717, 1.165) is 61.1 Å². The van der Waals surface area contributed by atoms with Gasteiger partial charge in [-0.25, -0.2) is 0 Å². The summed E-state index contributed by atoms with van der Waals surface area (Å²) >= 11 is 10.2. The van der Waals surface area contributed by atoms with Crippen LogP contribution in [0, 0.1) is 45.3 Å². The summed E-state index contributed by atoms with van der Waals surface area (Å²) in [6.45, 7) is 9.20. The Morgan fingerprint density at radius 3 is 1.07 bits per heavy atom. The average molecular weight is 1250 g/mol. The summed E-state index contributed by atoms with van der Waals surface area (Å²) < 4.78 is 5.14. The van der Waals surface area contributed by atoms with Crippen molar-refractivity contribution in [3.63, 3.8) is 0 Å². The molecule has 0 bridgehead atoms. The van der Waals surface area contributed by atoms with Gasteiger partial charge in [-0.15, -0.1) is 68.0 Å². The Balaban J connectivity index is 1.10. The molecule has 0 N–H and O–H groups in total. The quantitative estimate of drug-likeness (QED) is 0.0250. The molecule has 86 heavy (non-hydrogen) atoms. The fourth-order valence-electron chi connectivity index (χ4n) is 14.9. The van der Waals surface area contributed by atoms with E-state index in [9.17, 15) is 30.6 Å². The van der Waals surface area contributed by atoms with Gasteiger partial charge in [0.25, 0.3) is 0 Å². The van der Waals surface area contributed by atoms with Crippen LogP contribution in [0.2, 0.25) is 0 Å². The average Bonchev–Trinajstić information content (AvgIpc) is 1.60. The molecular formula is C74H78N4O2S6. The lowest BCUT2D eigenvalue weighted by Gasteiger charge is -2.35. The summed E-state index contributed by atoms with van der Waals surface area (Å²) in [6, 6.07) is 22.3. The van der Waals surface area contributed by atoms with E-state index in [1.165, 1.54) is 213 Å². The molecule has 4 aliphatic carbocycles. The number of unbranched alkanes of at least 4 members (excludes halogenated alkanes) is 20. The van der Waals surface area contributed by atoms with Crippen LogP contribution in [0.5, 0.6) is 0 Å². The lowest BCUT2D eigenvalue weighted by molar-refractivity contribution is 0.103. The zero-order valence-electron chi connectivity index (χ0n) is 50.6. The van der Waals surface area contributed by atoms with Crippen molar-refractivity contribution in [1.82, 2.24) is 0 Å². The minimum Gasteiger partial charge on any atom is -0.288 e. The van der Waals surface area contributed by atoms with Crippen molar-refractivity contribution in [1.29, 1.82) is 21.0 Å². The van der Waals surface area contributed by atoms with Crippen LogP contribution in [0.3, 0.4) is 0 Å². The SMILES string of the molecule is CCCCCCCCC1(CCCCCCCC)c2cc3c(cc2-c2sc4cc(/C=C5\C(=O)c6sccc6C5=C(C#N)C#N)sc4c21)C(CCCCCCCC)(CCCCCCCC)c1c-3sc2cc(/C=C3\C(=O)c4sccc4C3=C(C#N)C#N)sc12. The highest BCUT2D eigenvalue weighted by molar-refractivity contribution is 7.31. The minimum atomic E-state index is -0.208. The fourth-order valence-corrected chi connectivity index (χ4v) is 22.2. The van der Waals surface area contributed by atoms with Crippen LogP contribution in [0.1, 0.15) is 270 Å². The highest BCUT2D eigenvalue weighted by Gasteiger charge is 2.51. The van der Waals surface area contributed by atoms with Gasteiger partial charge in [-0.05, 0) is 118 Å². The molecule has 0 saturated carbocycles. The number of hydrogen-bond donors (Lipinski definition) is 0. The Bertz CT molecular complexity index is 3700. The molecule has 0 unspecified atom stereocenters. The molecule has 0 amide bonds. The first-order valence-electron chi connectivity index (χ1n) is 32.3. The summed E-state index contributed by atoms with van der Waals surface area (Å²) in [5.41, 5.74) is 11.6. The molecule has 12 heteroatoms. The van der Waals surface area contributed by atoms with Crippen molar-refractivity contribution in [2.45, 2.75) is 218 Å². The van der Waals surface area contributed by atoms with E-state index in [0.29, 0.717) is 43.2 Å². The third-order valence-electron chi connectivity index (χ3n) is 19.1. The van der Waals surface area contributed by atoms with Crippen molar-refractivity contribution in [3.8, 4) is 45.2 Å². The summed E-state index contributed by atoms with van der Waals surface area (Å²) in [5, 5.41) is 44.5. The number of rotatable bonds is 30. The Kier molecular flexibility index (Phi) is 19.9. The maximum Gasteiger partial charge on any atom is 0.204 e. The van der Waals surface area contributed by atoms with E-state index in [1.807, 2.05) is 57.7 Å². The highest BCUT2D eigenvalue weighted by Crippen LogP contribution is 2.67. The van der Waals surface area contributed by atoms with Gasteiger partial charge in [-0.2, -0.15) is 21.0 Å². The molecule has 0 saturated heterocycles. The molecule has 0 atom stereocenters. The second-order valence-electron chi connectivity index (χ2n) is 24.5. The van der Waals surface area contributed by atoms with Crippen LogP contribution in [0.15, 0.2) is 69.5 Å². The van der Waals surface area contributed by atoms with Crippen LogP contribution >= 0.6 is 68.0 Å². The second kappa shape index (κ2) is 27.7. The predicted octanol–water partition coefficient (Wildman–Crippen LogP) is 24.1. The molecule has 0 aliphatic heterocycles. The number of Topliss-reactive ketones (excluding diaryl/α,β-unsaturated/α-hetero) is 2. The Hall–Kier alpha value is -5.80. The molecule has 442 valence electrons. The van der Waals surface area contributed by atoms with E-state index < -0.39 is 0 Å². The van der Waals surface area contributed by atoms with Crippen molar-refractivity contribution in [2.75, 3.05) is 0 Å². The number of benzene rings is 1. The first kappa shape index (κ1) is 61.8. The van der Waals surface area contributed by atoms with Gasteiger partial charge in [0, 0.05) is 73.2 Å². The molecule has 6 heterocycles. The van der Waals surface area contributed by atoms with E-state index in [1.54, 1.807) is 22.7 Å².